The Morgan fingerprint density at radius 2 is 1.64 bits per heavy atom. The molecule has 0 saturated heterocycles. The van der Waals surface area contributed by atoms with Gasteiger partial charge < -0.3 is 4.18 Å². The molecule has 6 nitrogen and oxygen atoms in total. The summed E-state index contributed by atoms with van der Waals surface area (Å²) in [7, 11) is -12.6. The second kappa shape index (κ2) is 11.2. The van der Waals surface area contributed by atoms with Crippen molar-refractivity contribution in [3.05, 3.63) is 65.7 Å². The Morgan fingerprint density at radius 3 is 2.17 bits per heavy atom. The number of alkyl halides is 3. The van der Waals surface area contributed by atoms with Crippen LogP contribution in [0.5, 0.6) is 5.75 Å². The van der Waals surface area contributed by atoms with E-state index in [1.165, 1.54) is 36.4 Å². The maximum atomic E-state index is 13.5. The minimum Gasteiger partial charge on any atom is -0.376 e. The predicted molar refractivity (Wildman–Crippen MR) is 136 cm³/mol. The van der Waals surface area contributed by atoms with E-state index in [2.05, 4.69) is 16.0 Å². The highest BCUT2D eigenvalue weighted by Crippen LogP contribution is 2.31. The van der Waals surface area contributed by atoms with Gasteiger partial charge in [0.05, 0.1) is 19.5 Å². The molecule has 36 heavy (non-hydrogen) atoms. The fraction of sp³-hybridized carbons (Fsp3) is 0.333. The minimum atomic E-state index is -5.99. The van der Waals surface area contributed by atoms with Crippen LogP contribution in [0, 0.1) is 18.8 Å². The third kappa shape index (κ3) is 7.22. The SMILES string of the molecule is C/C=C\C#CCN(Cc1cccc([Si](C)(C)C)c1OS(=O)(=O)C(F)(F)F)S(=O)(=O)c1ccc(C)cc1. The Labute approximate surface area is 212 Å². The minimum absolute atomic E-state index is 0.0220. The number of allylic oxidation sites excluding steroid dienone is 2. The van der Waals surface area contributed by atoms with Gasteiger partial charge in [0.2, 0.25) is 10.0 Å². The van der Waals surface area contributed by atoms with Crippen molar-refractivity contribution in [1.82, 2.24) is 4.31 Å². The molecule has 0 heterocycles. The van der Waals surface area contributed by atoms with Crippen molar-refractivity contribution >= 4 is 33.4 Å². The lowest BCUT2D eigenvalue weighted by Gasteiger charge is -2.26. The molecule has 0 saturated carbocycles. The molecule has 2 rings (SSSR count). The maximum absolute atomic E-state index is 13.5. The van der Waals surface area contributed by atoms with E-state index in [1.54, 1.807) is 32.1 Å². The normalized spacial score (nSPS) is 13.0. The van der Waals surface area contributed by atoms with Crippen LogP contribution in [-0.2, 0) is 26.7 Å². The zero-order valence-corrected chi connectivity index (χ0v) is 23.2. The molecular formula is C24H28F3NO5S2Si. The van der Waals surface area contributed by atoms with E-state index in [9.17, 15) is 30.0 Å². The van der Waals surface area contributed by atoms with Crippen LogP contribution in [0.1, 0.15) is 18.1 Å². The van der Waals surface area contributed by atoms with Gasteiger partial charge >= 0.3 is 15.6 Å². The van der Waals surface area contributed by atoms with Gasteiger partial charge in [0.25, 0.3) is 0 Å². The summed E-state index contributed by atoms with van der Waals surface area (Å²) in [5, 5.41) is 0.306. The van der Waals surface area contributed by atoms with Gasteiger partial charge in [-0.25, -0.2) is 8.42 Å². The first kappa shape index (κ1) is 29.6. The second-order valence-electron chi connectivity index (χ2n) is 8.93. The third-order valence-electron chi connectivity index (χ3n) is 4.99. The lowest BCUT2D eigenvalue weighted by Crippen LogP contribution is -2.41. The molecule has 12 heteroatoms. The molecule has 0 aliphatic heterocycles. The highest BCUT2D eigenvalue weighted by molar-refractivity contribution is 7.89. The van der Waals surface area contributed by atoms with Crippen molar-refractivity contribution in [3.8, 4) is 17.6 Å². The van der Waals surface area contributed by atoms with Crippen LogP contribution < -0.4 is 9.37 Å². The van der Waals surface area contributed by atoms with Crippen molar-refractivity contribution in [2.24, 2.45) is 0 Å². The lowest BCUT2D eigenvalue weighted by molar-refractivity contribution is -0.0500. The average molecular weight is 560 g/mol. The molecular weight excluding hydrogens is 531 g/mol. The largest absolute Gasteiger partial charge is 0.534 e. The zero-order valence-electron chi connectivity index (χ0n) is 20.5. The summed E-state index contributed by atoms with van der Waals surface area (Å²) in [6.07, 6.45) is 3.18. The maximum Gasteiger partial charge on any atom is 0.534 e. The number of aryl methyl sites for hydroxylation is 1. The van der Waals surface area contributed by atoms with Crippen LogP contribution in [0.15, 0.2) is 59.5 Å². The molecule has 0 aliphatic carbocycles. The van der Waals surface area contributed by atoms with Gasteiger partial charge in [-0.1, -0.05) is 73.5 Å². The van der Waals surface area contributed by atoms with E-state index < -0.39 is 46.0 Å². The fourth-order valence-corrected chi connectivity index (χ4v) is 6.50. The highest BCUT2D eigenvalue weighted by atomic mass is 32.2. The first-order valence-electron chi connectivity index (χ1n) is 10.8. The number of nitrogens with zero attached hydrogens (tertiary/aromatic N) is 1. The first-order chi connectivity index (χ1) is 16.5. The van der Waals surface area contributed by atoms with Crippen molar-refractivity contribution in [3.63, 3.8) is 0 Å². The van der Waals surface area contributed by atoms with Gasteiger partial charge in [-0.05, 0) is 37.2 Å². The van der Waals surface area contributed by atoms with Crippen LogP contribution >= 0.6 is 0 Å². The Morgan fingerprint density at radius 1 is 1.03 bits per heavy atom. The molecule has 0 amide bonds. The van der Waals surface area contributed by atoms with Crippen LogP contribution in [0.25, 0.3) is 0 Å². The van der Waals surface area contributed by atoms with Crippen LogP contribution in [-0.4, -0.2) is 41.3 Å². The van der Waals surface area contributed by atoms with E-state index in [4.69, 9.17) is 0 Å². The van der Waals surface area contributed by atoms with Gasteiger partial charge in [0.15, 0.2) is 0 Å². The Hall–Kier alpha value is -2.59. The van der Waals surface area contributed by atoms with Crippen molar-refractivity contribution < 1.29 is 34.2 Å². The summed E-state index contributed by atoms with van der Waals surface area (Å²) in [6, 6.07) is 10.5. The number of sulfonamides is 1. The van der Waals surface area contributed by atoms with Crippen LogP contribution in [0.4, 0.5) is 13.2 Å². The summed E-state index contributed by atoms with van der Waals surface area (Å²) >= 11 is 0. The second-order valence-corrected chi connectivity index (χ2v) is 17.4. The van der Waals surface area contributed by atoms with E-state index in [-0.39, 0.29) is 17.0 Å². The quantitative estimate of drug-likeness (QED) is 0.205. The fourth-order valence-electron chi connectivity index (χ4n) is 3.11. The first-order valence-corrected chi connectivity index (χ1v) is 17.1. The molecule has 0 atom stereocenters. The van der Waals surface area contributed by atoms with E-state index in [0.29, 0.717) is 5.19 Å². The Kier molecular flexibility index (Phi) is 9.23. The zero-order chi connectivity index (χ0) is 27.4. The standard InChI is InChI=1S/C24H28F3NO5S2Si/c1-6-7-8-9-17-28(34(29,30)21-15-13-19(2)14-16-21)18-20-11-10-12-22(36(3,4)5)23(20)33-35(31,32)24(25,26)27/h6-7,10-16H,17-18H2,1-5H3/b7-6-. The summed E-state index contributed by atoms with van der Waals surface area (Å²) in [5.41, 5.74) is -4.84. The molecule has 0 aromatic heterocycles. The van der Waals surface area contributed by atoms with Crippen LogP contribution in [0.3, 0.4) is 0 Å². The molecule has 0 fully saturated rings. The van der Waals surface area contributed by atoms with Gasteiger partial charge in [-0.2, -0.15) is 25.9 Å². The molecule has 0 bridgehead atoms. The molecule has 0 N–H and O–H groups in total. The van der Waals surface area contributed by atoms with Gasteiger partial charge in [0, 0.05) is 12.1 Å². The molecule has 0 aliphatic rings. The van der Waals surface area contributed by atoms with E-state index in [1.807, 2.05) is 19.6 Å². The number of rotatable bonds is 8. The van der Waals surface area contributed by atoms with E-state index >= 15 is 0 Å². The van der Waals surface area contributed by atoms with Crippen LogP contribution in [0.2, 0.25) is 19.6 Å². The summed E-state index contributed by atoms with van der Waals surface area (Å²) in [4.78, 5) is -0.0346. The van der Waals surface area contributed by atoms with Crippen molar-refractivity contribution in [2.45, 2.75) is 50.4 Å². The number of hydrogen-bond donors (Lipinski definition) is 0. The Balaban J connectivity index is 2.69. The third-order valence-corrected chi connectivity index (χ3v) is 9.76. The summed E-state index contributed by atoms with van der Waals surface area (Å²) in [6.45, 7) is 8.21. The number of para-hydroxylation sites is 1. The summed E-state index contributed by atoms with van der Waals surface area (Å²) in [5.74, 6) is 4.90. The Bertz CT molecular complexity index is 1380. The van der Waals surface area contributed by atoms with Gasteiger partial charge in [-0.15, -0.1) is 0 Å². The van der Waals surface area contributed by atoms with E-state index in [0.717, 1.165) is 9.87 Å². The van der Waals surface area contributed by atoms with Crippen molar-refractivity contribution in [2.75, 3.05) is 6.54 Å². The topological polar surface area (TPSA) is 80.8 Å². The number of benzene rings is 2. The molecule has 0 radical (unpaired) electrons. The molecule has 196 valence electrons. The van der Waals surface area contributed by atoms with Crippen molar-refractivity contribution in [1.29, 1.82) is 0 Å². The van der Waals surface area contributed by atoms with Gasteiger partial charge in [-0.3, -0.25) is 0 Å². The molecule has 0 spiro atoms. The molecule has 0 unspecified atom stereocenters. The molecule has 2 aromatic carbocycles. The predicted octanol–water partition coefficient (Wildman–Crippen LogP) is 4.54. The molecule has 2 aromatic rings. The highest BCUT2D eigenvalue weighted by Gasteiger charge is 2.49. The lowest BCUT2D eigenvalue weighted by atomic mass is 10.2. The number of hydrogen-bond acceptors (Lipinski definition) is 5. The smallest absolute Gasteiger partial charge is 0.376 e. The number of halogens is 3. The average Bonchev–Trinajstić information content (AvgIpc) is 2.75. The van der Waals surface area contributed by atoms with Gasteiger partial charge in [0.1, 0.15) is 5.75 Å². The summed E-state index contributed by atoms with van der Waals surface area (Å²) < 4.78 is 96.0. The monoisotopic (exact) mass is 559 g/mol.